The molecule has 1 N–H and O–H groups in total. The Morgan fingerprint density at radius 2 is 1.94 bits per heavy atom. The van der Waals surface area contributed by atoms with Crippen LogP contribution in [0.4, 0.5) is 0 Å². The molecule has 0 amide bonds. The minimum Gasteiger partial charge on any atom is -0.316 e. The molecule has 0 aliphatic rings. The zero-order valence-corrected chi connectivity index (χ0v) is 10.9. The Balaban J connectivity index is 2.35. The van der Waals surface area contributed by atoms with Crippen molar-refractivity contribution in [2.45, 2.75) is 20.3 Å². The van der Waals surface area contributed by atoms with Gasteiger partial charge in [0.15, 0.2) is 0 Å². The van der Waals surface area contributed by atoms with Crippen molar-refractivity contribution in [3.63, 3.8) is 0 Å². The van der Waals surface area contributed by atoms with Crippen molar-refractivity contribution < 1.29 is 0 Å². The van der Waals surface area contributed by atoms with Crippen LogP contribution in [0.5, 0.6) is 0 Å². The van der Waals surface area contributed by atoms with Gasteiger partial charge in [-0.25, -0.2) is 0 Å². The number of nitrogens with one attached hydrogen (secondary N) is 1. The predicted octanol–water partition coefficient (Wildman–Crippen LogP) is 3.98. The molecule has 1 nitrogen and oxygen atoms in total. The molecule has 1 rings (SSSR count). The van der Waals surface area contributed by atoms with E-state index in [9.17, 15) is 0 Å². The maximum atomic E-state index is 3.82. The van der Waals surface area contributed by atoms with Gasteiger partial charge in [0, 0.05) is 0 Å². The van der Waals surface area contributed by atoms with Gasteiger partial charge < -0.3 is 5.32 Å². The summed E-state index contributed by atoms with van der Waals surface area (Å²) in [6.45, 7) is 10.4. The van der Waals surface area contributed by atoms with Gasteiger partial charge in [-0.1, -0.05) is 62.9 Å². The molecule has 0 saturated heterocycles. The van der Waals surface area contributed by atoms with E-state index in [-0.39, 0.29) is 0 Å². The van der Waals surface area contributed by atoms with Crippen LogP contribution >= 0.6 is 0 Å². The minimum atomic E-state index is 0.723. The van der Waals surface area contributed by atoms with E-state index in [2.05, 4.69) is 56.1 Å². The second kappa shape index (κ2) is 7.86. The minimum absolute atomic E-state index is 0.723. The third-order valence-corrected chi connectivity index (χ3v) is 2.55. The summed E-state index contributed by atoms with van der Waals surface area (Å²) in [7, 11) is 0. The molecule has 1 aromatic rings. The van der Waals surface area contributed by atoms with Crippen LogP contribution in [-0.4, -0.2) is 13.1 Å². The molecular formula is C16H23N. The molecule has 1 heteroatoms. The first kappa shape index (κ1) is 13.7. The van der Waals surface area contributed by atoms with Gasteiger partial charge in [-0.2, -0.15) is 0 Å². The van der Waals surface area contributed by atoms with E-state index in [1.54, 1.807) is 0 Å². The molecule has 0 radical (unpaired) electrons. The Morgan fingerprint density at radius 1 is 1.24 bits per heavy atom. The van der Waals surface area contributed by atoms with Crippen molar-refractivity contribution in [2.75, 3.05) is 13.1 Å². The standard InChI is InChI=1S/C16H23N/c1-4-15-9-5-6-10-16(15)11-7-8-12-17-13-14(2)3/h4-7,9-11,14,17H,1,8,12-13H2,2-3H3/b11-7-. The fourth-order valence-corrected chi connectivity index (χ4v) is 1.64. The van der Waals surface area contributed by atoms with E-state index >= 15 is 0 Å². The molecule has 92 valence electrons. The third kappa shape index (κ3) is 5.50. The second-order valence-electron chi connectivity index (χ2n) is 4.62. The molecule has 0 atom stereocenters. The van der Waals surface area contributed by atoms with Crippen LogP contribution in [0.25, 0.3) is 12.2 Å². The summed E-state index contributed by atoms with van der Waals surface area (Å²) in [5, 5.41) is 3.43. The van der Waals surface area contributed by atoms with Gasteiger partial charge in [-0.3, -0.25) is 0 Å². The Hall–Kier alpha value is -1.34. The lowest BCUT2D eigenvalue weighted by Gasteiger charge is -2.05. The molecule has 0 heterocycles. The summed E-state index contributed by atoms with van der Waals surface area (Å²) in [5.74, 6) is 0.723. The van der Waals surface area contributed by atoms with E-state index in [1.165, 1.54) is 11.1 Å². The van der Waals surface area contributed by atoms with E-state index < -0.39 is 0 Å². The number of hydrogen-bond donors (Lipinski definition) is 1. The lowest BCUT2D eigenvalue weighted by molar-refractivity contribution is 0.557. The van der Waals surface area contributed by atoms with Gasteiger partial charge in [0.05, 0.1) is 0 Å². The van der Waals surface area contributed by atoms with Crippen LogP contribution in [0.15, 0.2) is 36.9 Å². The van der Waals surface area contributed by atoms with Crippen molar-refractivity contribution in [3.8, 4) is 0 Å². The molecule has 0 spiro atoms. The Bertz CT molecular complexity index is 364. The largest absolute Gasteiger partial charge is 0.316 e. The molecule has 0 bridgehead atoms. The van der Waals surface area contributed by atoms with E-state index in [1.807, 2.05) is 12.1 Å². The van der Waals surface area contributed by atoms with Crippen molar-refractivity contribution in [1.29, 1.82) is 0 Å². The summed E-state index contributed by atoms with van der Waals surface area (Å²) in [6, 6.07) is 8.31. The molecule has 1 aromatic carbocycles. The van der Waals surface area contributed by atoms with Crippen LogP contribution in [0.1, 0.15) is 31.4 Å². The lowest BCUT2D eigenvalue weighted by Crippen LogP contribution is -2.20. The van der Waals surface area contributed by atoms with Crippen LogP contribution in [0, 0.1) is 5.92 Å². The zero-order chi connectivity index (χ0) is 12.5. The highest BCUT2D eigenvalue weighted by Gasteiger charge is 1.93. The quantitative estimate of drug-likeness (QED) is 0.697. The van der Waals surface area contributed by atoms with Crippen LogP contribution in [-0.2, 0) is 0 Å². The van der Waals surface area contributed by atoms with Crippen molar-refractivity contribution in [2.24, 2.45) is 5.92 Å². The topological polar surface area (TPSA) is 12.0 Å². The SMILES string of the molecule is C=Cc1ccccc1/C=C\CCNCC(C)C. The fraction of sp³-hybridized carbons (Fsp3) is 0.375. The number of rotatable bonds is 7. The van der Waals surface area contributed by atoms with Gasteiger partial charge in [0.1, 0.15) is 0 Å². The highest BCUT2D eigenvalue weighted by molar-refractivity contribution is 5.64. The molecule has 0 aromatic heterocycles. The third-order valence-electron chi connectivity index (χ3n) is 2.55. The Morgan fingerprint density at radius 3 is 2.59 bits per heavy atom. The van der Waals surface area contributed by atoms with E-state index in [0.717, 1.165) is 25.4 Å². The van der Waals surface area contributed by atoms with Crippen LogP contribution in [0.2, 0.25) is 0 Å². The molecule has 0 aliphatic carbocycles. The Kier molecular flexibility index (Phi) is 6.34. The monoisotopic (exact) mass is 229 g/mol. The summed E-state index contributed by atoms with van der Waals surface area (Å²) in [5.41, 5.74) is 2.44. The molecule has 0 aliphatic heterocycles. The highest BCUT2D eigenvalue weighted by atomic mass is 14.8. The lowest BCUT2D eigenvalue weighted by atomic mass is 10.1. The smallest absolute Gasteiger partial charge is 0.00140 e. The predicted molar refractivity (Wildman–Crippen MR) is 77.9 cm³/mol. The second-order valence-corrected chi connectivity index (χ2v) is 4.62. The molecule has 0 unspecified atom stereocenters. The van der Waals surface area contributed by atoms with Crippen molar-refractivity contribution >= 4 is 12.2 Å². The maximum absolute atomic E-state index is 3.82. The average molecular weight is 229 g/mol. The summed E-state index contributed by atoms with van der Waals surface area (Å²) >= 11 is 0. The number of hydrogen-bond acceptors (Lipinski definition) is 1. The number of benzene rings is 1. The van der Waals surface area contributed by atoms with E-state index in [4.69, 9.17) is 0 Å². The summed E-state index contributed by atoms with van der Waals surface area (Å²) in [4.78, 5) is 0. The maximum Gasteiger partial charge on any atom is -0.00140 e. The Labute approximate surface area is 105 Å². The van der Waals surface area contributed by atoms with E-state index in [0.29, 0.717) is 0 Å². The zero-order valence-electron chi connectivity index (χ0n) is 10.9. The normalized spacial score (nSPS) is 11.2. The van der Waals surface area contributed by atoms with Crippen molar-refractivity contribution in [3.05, 3.63) is 48.0 Å². The van der Waals surface area contributed by atoms with Gasteiger partial charge in [-0.15, -0.1) is 0 Å². The van der Waals surface area contributed by atoms with Gasteiger partial charge >= 0.3 is 0 Å². The van der Waals surface area contributed by atoms with Gasteiger partial charge in [-0.05, 0) is 36.6 Å². The molecular weight excluding hydrogens is 206 g/mol. The molecule has 17 heavy (non-hydrogen) atoms. The average Bonchev–Trinajstić information content (AvgIpc) is 2.33. The van der Waals surface area contributed by atoms with Gasteiger partial charge in [0.2, 0.25) is 0 Å². The molecule has 0 saturated carbocycles. The summed E-state index contributed by atoms with van der Waals surface area (Å²) in [6.07, 6.45) is 7.36. The first-order chi connectivity index (χ1) is 8.24. The highest BCUT2D eigenvalue weighted by Crippen LogP contribution is 2.11. The first-order valence-electron chi connectivity index (χ1n) is 6.32. The fourth-order valence-electron chi connectivity index (χ4n) is 1.64. The molecule has 0 fully saturated rings. The van der Waals surface area contributed by atoms with Crippen molar-refractivity contribution in [1.82, 2.24) is 5.32 Å². The first-order valence-corrected chi connectivity index (χ1v) is 6.32. The van der Waals surface area contributed by atoms with Crippen LogP contribution < -0.4 is 5.32 Å². The van der Waals surface area contributed by atoms with Crippen LogP contribution in [0.3, 0.4) is 0 Å². The summed E-state index contributed by atoms with van der Waals surface area (Å²) < 4.78 is 0. The van der Waals surface area contributed by atoms with Gasteiger partial charge in [0.25, 0.3) is 0 Å².